The van der Waals surface area contributed by atoms with Crippen LogP contribution in [0.25, 0.3) is 0 Å². The lowest BCUT2D eigenvalue weighted by Gasteiger charge is -2.18. The normalized spacial score (nSPS) is 20.6. The molecule has 1 aliphatic carbocycles. The lowest BCUT2D eigenvalue weighted by Crippen LogP contribution is -2.09. The molecule has 2 unspecified atom stereocenters. The summed E-state index contributed by atoms with van der Waals surface area (Å²) in [6, 6.07) is 6.39. The molecule has 88 valence electrons. The van der Waals surface area contributed by atoms with Crippen molar-refractivity contribution in [1.29, 1.82) is 0 Å². The Balaban J connectivity index is 2.23. The largest absolute Gasteiger partial charge is 0.497 e. The highest BCUT2D eigenvalue weighted by atomic mass is 35.5. The number of aryl methyl sites for hydroxylation is 1. The van der Waals surface area contributed by atoms with Gasteiger partial charge in [-0.1, -0.05) is 19.4 Å². The van der Waals surface area contributed by atoms with Gasteiger partial charge >= 0.3 is 0 Å². The zero-order valence-electron chi connectivity index (χ0n) is 10.0. The van der Waals surface area contributed by atoms with E-state index in [1.807, 2.05) is 6.07 Å². The van der Waals surface area contributed by atoms with Crippen LogP contribution in [0.2, 0.25) is 0 Å². The summed E-state index contributed by atoms with van der Waals surface area (Å²) in [6.07, 6.45) is 4.61. The molecular formula is C14H19ClO. The summed E-state index contributed by atoms with van der Waals surface area (Å²) in [6.45, 7) is 2.19. The number of ether oxygens (including phenoxy) is 1. The first kappa shape index (κ1) is 11.8. The van der Waals surface area contributed by atoms with Crippen molar-refractivity contribution in [3.63, 3.8) is 0 Å². The van der Waals surface area contributed by atoms with Gasteiger partial charge in [-0.25, -0.2) is 0 Å². The Kier molecular flexibility index (Phi) is 3.75. The summed E-state index contributed by atoms with van der Waals surface area (Å²) in [5.41, 5.74) is 2.86. The predicted molar refractivity (Wildman–Crippen MR) is 68.6 cm³/mol. The smallest absolute Gasteiger partial charge is 0.119 e. The standard InChI is InChI=1S/C14H19ClO/c1-3-4-14(15)12-8-6-10-5-7-11(16-2)9-13(10)12/h5,7,9,12,14H,3-4,6,8H2,1-2H3. The Hall–Kier alpha value is -0.690. The van der Waals surface area contributed by atoms with Gasteiger partial charge in [-0.3, -0.25) is 0 Å². The van der Waals surface area contributed by atoms with Gasteiger partial charge in [0.2, 0.25) is 0 Å². The van der Waals surface area contributed by atoms with Crippen LogP contribution < -0.4 is 4.74 Å². The molecule has 0 amide bonds. The van der Waals surface area contributed by atoms with E-state index in [1.165, 1.54) is 17.5 Å². The Morgan fingerprint density at radius 1 is 1.50 bits per heavy atom. The maximum Gasteiger partial charge on any atom is 0.119 e. The van der Waals surface area contributed by atoms with Crippen molar-refractivity contribution in [2.75, 3.05) is 7.11 Å². The molecule has 0 radical (unpaired) electrons. The molecule has 0 saturated carbocycles. The van der Waals surface area contributed by atoms with E-state index in [4.69, 9.17) is 16.3 Å². The van der Waals surface area contributed by atoms with Gasteiger partial charge in [-0.05, 0) is 42.5 Å². The summed E-state index contributed by atoms with van der Waals surface area (Å²) in [7, 11) is 1.72. The van der Waals surface area contributed by atoms with Crippen molar-refractivity contribution in [1.82, 2.24) is 0 Å². The first-order chi connectivity index (χ1) is 7.76. The van der Waals surface area contributed by atoms with Gasteiger partial charge in [-0.15, -0.1) is 11.6 Å². The van der Waals surface area contributed by atoms with Gasteiger partial charge in [0.1, 0.15) is 5.75 Å². The number of fused-ring (bicyclic) bond motifs is 1. The van der Waals surface area contributed by atoms with E-state index in [-0.39, 0.29) is 5.38 Å². The maximum absolute atomic E-state index is 6.47. The minimum Gasteiger partial charge on any atom is -0.497 e. The van der Waals surface area contributed by atoms with Crippen LogP contribution in [0.3, 0.4) is 0 Å². The SMILES string of the molecule is CCCC(Cl)C1CCc2ccc(OC)cc21. The van der Waals surface area contributed by atoms with Crippen molar-refractivity contribution >= 4 is 11.6 Å². The molecule has 1 aromatic rings. The first-order valence-electron chi connectivity index (χ1n) is 6.07. The van der Waals surface area contributed by atoms with Crippen LogP contribution >= 0.6 is 11.6 Å². The fraction of sp³-hybridized carbons (Fsp3) is 0.571. The van der Waals surface area contributed by atoms with Crippen molar-refractivity contribution in [3.05, 3.63) is 29.3 Å². The van der Waals surface area contributed by atoms with Crippen LogP contribution in [0.1, 0.15) is 43.2 Å². The highest BCUT2D eigenvalue weighted by molar-refractivity contribution is 6.21. The second kappa shape index (κ2) is 5.09. The van der Waals surface area contributed by atoms with E-state index in [9.17, 15) is 0 Å². The Morgan fingerprint density at radius 2 is 2.31 bits per heavy atom. The monoisotopic (exact) mass is 238 g/mol. The quantitative estimate of drug-likeness (QED) is 0.717. The number of benzene rings is 1. The van der Waals surface area contributed by atoms with E-state index in [2.05, 4.69) is 19.1 Å². The van der Waals surface area contributed by atoms with Crippen LogP contribution in [-0.4, -0.2) is 12.5 Å². The summed E-state index contributed by atoms with van der Waals surface area (Å²) in [5.74, 6) is 1.47. The number of methoxy groups -OCH3 is 1. The maximum atomic E-state index is 6.47. The summed E-state index contributed by atoms with van der Waals surface area (Å²) in [5, 5.41) is 0.276. The average molecular weight is 239 g/mol. The molecule has 0 heterocycles. The first-order valence-corrected chi connectivity index (χ1v) is 6.50. The van der Waals surface area contributed by atoms with Gasteiger partial charge in [0.05, 0.1) is 7.11 Å². The number of hydrogen-bond acceptors (Lipinski definition) is 1. The van der Waals surface area contributed by atoms with Gasteiger partial charge in [0.15, 0.2) is 0 Å². The molecule has 2 atom stereocenters. The van der Waals surface area contributed by atoms with Crippen LogP contribution in [0.5, 0.6) is 5.75 Å². The number of halogens is 1. The molecule has 2 rings (SSSR count). The molecule has 0 spiro atoms. The minimum atomic E-state index is 0.276. The van der Waals surface area contributed by atoms with Crippen LogP contribution in [0.4, 0.5) is 0 Å². The van der Waals surface area contributed by atoms with E-state index in [0.717, 1.165) is 25.0 Å². The number of rotatable bonds is 4. The van der Waals surface area contributed by atoms with Crippen molar-refractivity contribution < 1.29 is 4.74 Å². The number of alkyl halides is 1. The van der Waals surface area contributed by atoms with Crippen molar-refractivity contribution in [3.8, 4) is 5.75 Å². The van der Waals surface area contributed by atoms with Gasteiger partial charge in [0.25, 0.3) is 0 Å². The second-order valence-corrected chi connectivity index (χ2v) is 5.08. The van der Waals surface area contributed by atoms with Crippen molar-refractivity contribution in [2.45, 2.75) is 43.9 Å². The van der Waals surface area contributed by atoms with Gasteiger partial charge < -0.3 is 4.74 Å². The molecule has 0 fully saturated rings. The molecule has 0 aliphatic heterocycles. The van der Waals surface area contributed by atoms with Crippen LogP contribution in [-0.2, 0) is 6.42 Å². The zero-order valence-corrected chi connectivity index (χ0v) is 10.8. The van der Waals surface area contributed by atoms with Crippen LogP contribution in [0.15, 0.2) is 18.2 Å². The van der Waals surface area contributed by atoms with Gasteiger partial charge in [0, 0.05) is 11.3 Å². The third-order valence-corrected chi connectivity index (χ3v) is 4.00. The molecule has 1 nitrogen and oxygen atoms in total. The molecule has 2 heteroatoms. The molecule has 16 heavy (non-hydrogen) atoms. The molecule has 1 aromatic carbocycles. The molecule has 0 aromatic heterocycles. The van der Waals surface area contributed by atoms with Gasteiger partial charge in [-0.2, -0.15) is 0 Å². The molecule has 0 bridgehead atoms. The highest BCUT2D eigenvalue weighted by Crippen LogP contribution is 2.40. The Morgan fingerprint density at radius 3 is 3.00 bits per heavy atom. The third-order valence-electron chi connectivity index (χ3n) is 3.48. The summed E-state index contributed by atoms with van der Waals surface area (Å²) >= 11 is 6.47. The fourth-order valence-corrected chi connectivity index (χ4v) is 3.07. The summed E-state index contributed by atoms with van der Waals surface area (Å²) in [4.78, 5) is 0. The van der Waals surface area contributed by atoms with E-state index in [1.54, 1.807) is 7.11 Å². The topological polar surface area (TPSA) is 9.23 Å². The molecule has 0 saturated heterocycles. The van der Waals surface area contributed by atoms with E-state index in [0.29, 0.717) is 5.92 Å². The fourth-order valence-electron chi connectivity index (χ4n) is 2.59. The summed E-state index contributed by atoms with van der Waals surface area (Å²) < 4.78 is 5.28. The second-order valence-electron chi connectivity index (χ2n) is 4.51. The van der Waals surface area contributed by atoms with Crippen LogP contribution in [0, 0.1) is 0 Å². The lowest BCUT2D eigenvalue weighted by molar-refractivity contribution is 0.414. The Labute approximate surface area is 103 Å². The minimum absolute atomic E-state index is 0.276. The molecule has 0 N–H and O–H groups in total. The van der Waals surface area contributed by atoms with Crippen molar-refractivity contribution in [2.24, 2.45) is 0 Å². The number of hydrogen-bond donors (Lipinski definition) is 0. The highest BCUT2D eigenvalue weighted by Gasteiger charge is 2.28. The molecule has 1 aliphatic rings. The third kappa shape index (κ3) is 2.20. The lowest BCUT2D eigenvalue weighted by atomic mass is 9.95. The Bertz CT molecular complexity index is 362. The average Bonchev–Trinajstić information content (AvgIpc) is 2.71. The molecular weight excluding hydrogens is 220 g/mol. The zero-order chi connectivity index (χ0) is 11.5. The van der Waals surface area contributed by atoms with E-state index < -0.39 is 0 Å². The predicted octanol–water partition coefficient (Wildman–Crippen LogP) is 4.13. The van der Waals surface area contributed by atoms with E-state index >= 15 is 0 Å².